The number of aromatic nitrogens is 9. The Kier molecular flexibility index (Phi) is 17.6. The van der Waals surface area contributed by atoms with Crippen LogP contribution in [0.1, 0.15) is 11.1 Å². The van der Waals surface area contributed by atoms with Crippen LogP contribution < -0.4 is 0 Å². The zero-order chi connectivity index (χ0) is 75.1. The van der Waals surface area contributed by atoms with E-state index in [1.807, 2.05) is 146 Å². The lowest BCUT2D eigenvalue weighted by molar-refractivity contribution is 1.07. The Balaban J connectivity index is 0.000000122. The third-order valence-corrected chi connectivity index (χ3v) is 21.8. The zero-order valence-corrected chi connectivity index (χ0v) is 62.8. The topological polar surface area (TPSA) is 92.1 Å². The molecule has 0 amide bonds. The molecule has 0 fully saturated rings. The van der Waals surface area contributed by atoms with Gasteiger partial charge in [0.2, 0.25) is 0 Å². The number of rotatable bonds is 11. The van der Waals surface area contributed by atoms with E-state index in [0.29, 0.717) is 34.9 Å². The number of halogens is 1. The predicted octanol–water partition coefficient (Wildman–Crippen LogP) is 26.4. The van der Waals surface area contributed by atoms with Crippen molar-refractivity contribution in [2.24, 2.45) is 0 Å². The molecule has 1 aliphatic carbocycles. The summed E-state index contributed by atoms with van der Waals surface area (Å²) >= 11 is 3.52. The minimum atomic E-state index is 0.629. The van der Waals surface area contributed by atoms with Gasteiger partial charge in [0.1, 0.15) is 0 Å². The van der Waals surface area contributed by atoms with Crippen LogP contribution in [0.2, 0.25) is 0 Å². The van der Waals surface area contributed by atoms with Crippen LogP contribution >= 0.6 is 15.9 Å². The van der Waals surface area contributed by atoms with Gasteiger partial charge in [-0.05, 0) is 148 Å². The van der Waals surface area contributed by atoms with Gasteiger partial charge in [0.25, 0.3) is 0 Å². The fraction of sp³-hybridized carbons (Fsp3) is 0.00971. The first-order chi connectivity index (χ1) is 56.0. The third-order valence-electron chi connectivity index (χ3n) is 21.4. The molecule has 5 heterocycles. The quantitative estimate of drug-likeness (QED) is 0.128. The fourth-order valence-corrected chi connectivity index (χ4v) is 16.6. The van der Waals surface area contributed by atoms with Crippen molar-refractivity contribution in [3.05, 3.63) is 416 Å². The molecule has 0 spiro atoms. The van der Waals surface area contributed by atoms with E-state index in [4.69, 9.17) is 24.9 Å². The summed E-state index contributed by atoms with van der Waals surface area (Å²) in [7, 11) is 0. The van der Waals surface area contributed by atoms with Crippen molar-refractivity contribution in [3.8, 4) is 119 Å². The zero-order valence-electron chi connectivity index (χ0n) is 61.2. The van der Waals surface area contributed by atoms with E-state index in [0.717, 1.165) is 66.7 Å². The molecule has 10 heteroatoms. The second-order valence-corrected chi connectivity index (χ2v) is 29.1. The summed E-state index contributed by atoms with van der Waals surface area (Å²) in [4.78, 5) is 29.1. The Morgan fingerprint density at radius 3 is 1.04 bits per heavy atom. The van der Waals surface area contributed by atoms with Gasteiger partial charge in [-0.3, -0.25) is 0 Å². The van der Waals surface area contributed by atoms with E-state index in [1.54, 1.807) is 0 Å². The Hall–Kier alpha value is -14.6. The summed E-state index contributed by atoms with van der Waals surface area (Å²) < 4.78 is 8.10. The van der Waals surface area contributed by atoms with E-state index < -0.39 is 0 Å². The first-order valence-electron chi connectivity index (χ1n) is 38.0. The molecule has 113 heavy (non-hydrogen) atoms. The highest BCUT2D eigenvalue weighted by molar-refractivity contribution is 9.10. The van der Waals surface area contributed by atoms with Crippen LogP contribution in [-0.4, -0.2) is 43.6 Å². The molecule has 0 atom stereocenters. The molecule has 0 radical (unpaired) electrons. The maximum Gasteiger partial charge on any atom is 0.164 e. The van der Waals surface area contributed by atoms with E-state index in [2.05, 4.69) is 289 Å². The Bertz CT molecular complexity index is 7030. The van der Waals surface area contributed by atoms with Gasteiger partial charge < -0.3 is 13.7 Å². The Morgan fingerprint density at radius 1 is 0.204 bits per heavy atom. The molecule has 0 saturated carbocycles. The van der Waals surface area contributed by atoms with E-state index in [9.17, 15) is 0 Å². The molecule has 0 saturated heterocycles. The lowest BCUT2D eigenvalue weighted by Gasteiger charge is -2.12. The molecule has 21 aromatic rings. The molecule has 0 aliphatic heterocycles. The van der Waals surface area contributed by atoms with Crippen LogP contribution in [0.25, 0.3) is 184 Å². The van der Waals surface area contributed by atoms with Crippen molar-refractivity contribution in [1.29, 1.82) is 0 Å². The fourth-order valence-electron chi connectivity index (χ4n) is 16.2. The van der Waals surface area contributed by atoms with Gasteiger partial charge in [-0.1, -0.05) is 319 Å². The maximum atomic E-state index is 5.03. The number of hydrogen-bond donors (Lipinski definition) is 0. The molecular weight excluding hydrogens is 1440 g/mol. The van der Waals surface area contributed by atoms with Crippen LogP contribution in [-0.2, 0) is 6.42 Å². The van der Waals surface area contributed by atoms with Gasteiger partial charge >= 0.3 is 0 Å². The van der Waals surface area contributed by atoms with Crippen molar-refractivity contribution in [3.63, 3.8) is 0 Å². The van der Waals surface area contributed by atoms with Crippen LogP contribution in [0, 0.1) is 0 Å². The van der Waals surface area contributed by atoms with Crippen LogP contribution in [0.4, 0.5) is 0 Å². The number of para-hydroxylation sites is 5. The summed E-state index contributed by atoms with van der Waals surface area (Å²) in [5.41, 5.74) is 26.9. The van der Waals surface area contributed by atoms with E-state index in [1.165, 1.54) is 105 Å². The molecule has 16 aromatic carbocycles. The summed E-state index contributed by atoms with van der Waals surface area (Å²) in [6, 6.07) is 140. The van der Waals surface area contributed by atoms with Crippen molar-refractivity contribution >= 4 is 81.3 Å². The molecule has 0 unspecified atom stereocenters. The Labute approximate surface area is 661 Å². The van der Waals surface area contributed by atoms with Gasteiger partial charge in [-0.15, -0.1) is 0 Å². The maximum absolute atomic E-state index is 5.03. The number of fused-ring (bicyclic) bond motifs is 12. The molecule has 5 aromatic heterocycles. The number of hydrogen-bond acceptors (Lipinski definition) is 6. The van der Waals surface area contributed by atoms with Crippen LogP contribution in [0.5, 0.6) is 0 Å². The predicted molar refractivity (Wildman–Crippen MR) is 469 cm³/mol. The summed E-state index contributed by atoms with van der Waals surface area (Å²) in [5, 5.41) is 7.49. The third kappa shape index (κ3) is 12.8. The molecule has 0 N–H and O–H groups in total. The highest BCUT2D eigenvalue weighted by atomic mass is 79.9. The van der Waals surface area contributed by atoms with Crippen LogP contribution in [0.3, 0.4) is 0 Å². The molecule has 0 bridgehead atoms. The monoisotopic (exact) mass is 1510 g/mol. The largest absolute Gasteiger partial charge is 0.309 e. The first kappa shape index (κ1) is 67.7. The molecular formula is C103H68BrN9. The van der Waals surface area contributed by atoms with Gasteiger partial charge in [0, 0.05) is 87.2 Å². The van der Waals surface area contributed by atoms with Gasteiger partial charge in [-0.25, -0.2) is 29.9 Å². The van der Waals surface area contributed by atoms with Crippen molar-refractivity contribution in [2.75, 3.05) is 0 Å². The SMILES string of the molecule is Brc1cccc(-c2nc(-c3ccccc3)nc(-c3ccccc3)n2)c1.c1ccc(-c2nc(-c3ccccc3)nc(-c3cccc(-n4c5ccccc5c5c(-c6ccc7c(c6)c6ccccc6n7-c6ccccc6)cccc54)c3)n2)cc1.c1ccc(-n2c3ccccc3c3cc(-c4cccc5c4-c4ccccc4C5)ccc32)cc1. The molecule has 1 aliphatic rings. The highest BCUT2D eigenvalue weighted by Crippen LogP contribution is 2.46. The smallest absolute Gasteiger partial charge is 0.164 e. The minimum Gasteiger partial charge on any atom is -0.309 e. The summed E-state index contributed by atoms with van der Waals surface area (Å²) in [6.45, 7) is 0. The minimum absolute atomic E-state index is 0.629. The highest BCUT2D eigenvalue weighted by Gasteiger charge is 2.25. The standard InChI is InChI=1S/C51H33N5.C31H21N.C21H14BrN3/c1-4-16-34(17-5-1)49-52-50(35-18-6-2-7-19-35)54-51(53-49)37-20-14-23-39(32-37)56-45-28-13-11-25-42(45)48-40(26-15-29-47(48)56)36-30-31-46-43(33-36)41-24-10-12-27-44(41)55(46)38-21-8-3-9-22-38;1-2-11-24(12-3-1)32-29-16-7-6-14-27(29)28-20-22(17-18-30(28)32)26-15-8-10-23-19-21-9-4-5-13-25(21)31(23)26;22-18-13-7-12-17(14-18)21-24-19(15-8-3-1-4-9-15)23-20(25-21)16-10-5-2-6-11-16/h1-33H;1-18,20H,19H2;1-14H. The van der Waals surface area contributed by atoms with Crippen molar-refractivity contribution in [1.82, 2.24) is 43.6 Å². The normalized spacial score (nSPS) is 11.5. The van der Waals surface area contributed by atoms with Crippen molar-refractivity contribution < 1.29 is 0 Å². The number of nitrogens with zero attached hydrogens (tertiary/aromatic N) is 9. The first-order valence-corrected chi connectivity index (χ1v) is 38.8. The number of benzene rings is 16. The second kappa shape index (κ2) is 29.4. The van der Waals surface area contributed by atoms with Gasteiger partial charge in [-0.2, -0.15) is 0 Å². The summed E-state index contributed by atoms with van der Waals surface area (Å²) in [5.74, 6) is 3.92. The Morgan fingerprint density at radius 2 is 0.531 bits per heavy atom. The average Bonchev–Trinajstić information content (AvgIpc) is 1.58. The molecule has 532 valence electrons. The lowest BCUT2D eigenvalue weighted by atomic mass is 9.93. The molecule has 22 rings (SSSR count). The average molecular weight is 1510 g/mol. The van der Waals surface area contributed by atoms with E-state index in [-0.39, 0.29) is 0 Å². The lowest BCUT2D eigenvalue weighted by Crippen LogP contribution is -2.01. The summed E-state index contributed by atoms with van der Waals surface area (Å²) in [6.07, 6.45) is 1.02. The van der Waals surface area contributed by atoms with Gasteiger partial charge in [0.15, 0.2) is 34.9 Å². The van der Waals surface area contributed by atoms with Crippen molar-refractivity contribution in [2.45, 2.75) is 6.42 Å². The van der Waals surface area contributed by atoms with Gasteiger partial charge in [0.05, 0.1) is 33.1 Å². The van der Waals surface area contributed by atoms with Crippen LogP contribution in [0.15, 0.2) is 405 Å². The molecule has 9 nitrogen and oxygen atoms in total. The second-order valence-electron chi connectivity index (χ2n) is 28.2. The van der Waals surface area contributed by atoms with E-state index >= 15 is 0 Å².